The number of hydrogen-bond donors (Lipinski definition) is 2. The molecule has 130 valence electrons. The smallest absolute Gasteiger partial charge is 0.244 e. The highest BCUT2D eigenvalue weighted by atomic mass is 35.5. The van der Waals surface area contributed by atoms with Crippen molar-refractivity contribution in [2.75, 3.05) is 25.0 Å². The van der Waals surface area contributed by atoms with Crippen molar-refractivity contribution in [3.05, 3.63) is 35.9 Å². The Morgan fingerprint density at radius 1 is 1.29 bits per heavy atom. The van der Waals surface area contributed by atoms with Gasteiger partial charge in [-0.05, 0) is 37.1 Å². The molecule has 2 amide bonds. The second-order valence-electron chi connectivity index (χ2n) is 5.23. The number of amides is 2. The third kappa shape index (κ3) is 4.34. The first kappa shape index (κ1) is 18.4. The standard InChI is InChI=1S/C15H18ClN3O4S/c1-2-14(20)17-10-15(21)18-11-5-6-12(16)13(9-11)24(22,23)19-7-3-4-8-19/h2,5-6,9H,1,3-4,7-8,10H2,(H,17,20)(H,18,21). The highest BCUT2D eigenvalue weighted by Crippen LogP contribution is 2.29. The minimum Gasteiger partial charge on any atom is -0.343 e. The third-order valence-corrected chi connectivity index (χ3v) is 5.89. The van der Waals surface area contributed by atoms with E-state index in [1.165, 1.54) is 22.5 Å². The van der Waals surface area contributed by atoms with Gasteiger partial charge in [0.05, 0.1) is 11.6 Å². The van der Waals surface area contributed by atoms with Crippen molar-refractivity contribution in [3.8, 4) is 0 Å². The van der Waals surface area contributed by atoms with Crippen LogP contribution in [0.2, 0.25) is 5.02 Å². The largest absolute Gasteiger partial charge is 0.343 e. The van der Waals surface area contributed by atoms with Gasteiger partial charge in [0.25, 0.3) is 0 Å². The molecule has 0 aliphatic carbocycles. The van der Waals surface area contributed by atoms with Gasteiger partial charge in [-0.1, -0.05) is 18.2 Å². The second-order valence-corrected chi connectivity index (χ2v) is 7.54. The predicted octanol–water partition coefficient (Wildman–Crippen LogP) is 1.37. The first-order chi connectivity index (χ1) is 11.3. The van der Waals surface area contributed by atoms with Gasteiger partial charge in [-0.25, -0.2) is 8.42 Å². The van der Waals surface area contributed by atoms with Crippen LogP contribution in [0, 0.1) is 0 Å². The molecule has 0 unspecified atom stereocenters. The van der Waals surface area contributed by atoms with Gasteiger partial charge in [0, 0.05) is 18.8 Å². The van der Waals surface area contributed by atoms with Crippen LogP contribution in [0.4, 0.5) is 5.69 Å². The Balaban J connectivity index is 2.15. The summed E-state index contributed by atoms with van der Waals surface area (Å²) in [5.41, 5.74) is 0.287. The SMILES string of the molecule is C=CC(=O)NCC(=O)Nc1ccc(Cl)c(S(=O)(=O)N2CCCC2)c1. The lowest BCUT2D eigenvalue weighted by molar-refractivity contribution is -0.121. The molecule has 1 aliphatic heterocycles. The minimum absolute atomic E-state index is 0.0426. The Labute approximate surface area is 145 Å². The van der Waals surface area contributed by atoms with Gasteiger partial charge in [0.2, 0.25) is 21.8 Å². The fourth-order valence-corrected chi connectivity index (χ4v) is 4.31. The summed E-state index contributed by atoms with van der Waals surface area (Å²) in [5.74, 6) is -0.962. The molecule has 0 spiro atoms. The fourth-order valence-electron chi connectivity index (χ4n) is 2.29. The summed E-state index contributed by atoms with van der Waals surface area (Å²) in [4.78, 5) is 22.8. The Bertz CT molecular complexity index is 758. The number of rotatable bonds is 6. The highest BCUT2D eigenvalue weighted by molar-refractivity contribution is 7.89. The highest BCUT2D eigenvalue weighted by Gasteiger charge is 2.29. The molecule has 1 aliphatic rings. The van der Waals surface area contributed by atoms with Crippen molar-refractivity contribution in [2.45, 2.75) is 17.7 Å². The molecule has 1 heterocycles. The molecule has 1 fully saturated rings. The molecule has 0 saturated carbocycles. The number of hydrogen-bond acceptors (Lipinski definition) is 4. The van der Waals surface area contributed by atoms with E-state index < -0.39 is 21.8 Å². The maximum absolute atomic E-state index is 12.6. The van der Waals surface area contributed by atoms with Gasteiger partial charge in [-0.2, -0.15) is 4.31 Å². The number of halogens is 1. The molecule has 7 nitrogen and oxygen atoms in total. The zero-order valence-electron chi connectivity index (χ0n) is 12.9. The Kier molecular flexibility index (Phi) is 5.98. The van der Waals surface area contributed by atoms with Crippen LogP contribution in [0.15, 0.2) is 35.7 Å². The molecule has 1 aromatic rings. The zero-order valence-corrected chi connectivity index (χ0v) is 14.5. The van der Waals surface area contributed by atoms with Crippen LogP contribution in [0.5, 0.6) is 0 Å². The van der Waals surface area contributed by atoms with Gasteiger partial charge in [-0.15, -0.1) is 0 Å². The van der Waals surface area contributed by atoms with E-state index in [0.717, 1.165) is 18.9 Å². The first-order valence-corrected chi connectivity index (χ1v) is 9.16. The molecule has 1 aromatic carbocycles. The quantitative estimate of drug-likeness (QED) is 0.738. The second kappa shape index (κ2) is 7.78. The minimum atomic E-state index is -3.69. The average molecular weight is 372 g/mol. The normalized spacial score (nSPS) is 15.0. The predicted molar refractivity (Wildman–Crippen MR) is 91.3 cm³/mol. The van der Waals surface area contributed by atoms with Gasteiger partial charge in [0.1, 0.15) is 4.90 Å². The van der Waals surface area contributed by atoms with Gasteiger partial charge in [-0.3, -0.25) is 9.59 Å². The Morgan fingerprint density at radius 2 is 1.96 bits per heavy atom. The number of benzene rings is 1. The van der Waals surface area contributed by atoms with Gasteiger partial charge in [0.15, 0.2) is 0 Å². The molecule has 2 rings (SSSR count). The molecule has 2 N–H and O–H groups in total. The van der Waals surface area contributed by atoms with Crippen LogP contribution in [0.25, 0.3) is 0 Å². The average Bonchev–Trinajstić information content (AvgIpc) is 3.09. The number of nitrogens with one attached hydrogen (secondary N) is 2. The first-order valence-electron chi connectivity index (χ1n) is 7.34. The van der Waals surface area contributed by atoms with Crippen molar-refractivity contribution in [2.24, 2.45) is 0 Å². The van der Waals surface area contributed by atoms with E-state index in [2.05, 4.69) is 17.2 Å². The molecule has 9 heteroatoms. The summed E-state index contributed by atoms with van der Waals surface area (Å²) in [6.45, 7) is 3.95. The van der Waals surface area contributed by atoms with E-state index in [0.29, 0.717) is 13.1 Å². The van der Waals surface area contributed by atoms with E-state index in [4.69, 9.17) is 11.6 Å². The van der Waals surface area contributed by atoms with E-state index in [9.17, 15) is 18.0 Å². The van der Waals surface area contributed by atoms with Gasteiger partial charge >= 0.3 is 0 Å². The van der Waals surface area contributed by atoms with E-state index in [1.54, 1.807) is 0 Å². The molecule has 24 heavy (non-hydrogen) atoms. The fraction of sp³-hybridized carbons (Fsp3) is 0.333. The monoisotopic (exact) mass is 371 g/mol. The molecule has 1 saturated heterocycles. The van der Waals surface area contributed by atoms with Crippen LogP contribution < -0.4 is 10.6 Å². The van der Waals surface area contributed by atoms with Crippen molar-refractivity contribution in [3.63, 3.8) is 0 Å². The van der Waals surface area contributed by atoms with E-state index in [1.807, 2.05) is 0 Å². The van der Waals surface area contributed by atoms with Crippen LogP contribution in [0.3, 0.4) is 0 Å². The lowest BCUT2D eigenvalue weighted by atomic mass is 10.3. The number of carbonyl (C=O) groups excluding carboxylic acids is 2. The number of sulfonamides is 1. The summed E-state index contributed by atoms with van der Waals surface area (Å²) in [5, 5.41) is 4.95. The zero-order chi connectivity index (χ0) is 17.7. The number of anilines is 1. The lowest BCUT2D eigenvalue weighted by Crippen LogP contribution is -2.31. The summed E-state index contributed by atoms with van der Waals surface area (Å²) >= 11 is 6.03. The summed E-state index contributed by atoms with van der Waals surface area (Å²) in [6, 6.07) is 4.24. The maximum Gasteiger partial charge on any atom is 0.244 e. The molecular weight excluding hydrogens is 354 g/mol. The van der Waals surface area contributed by atoms with Crippen molar-refractivity contribution >= 4 is 39.1 Å². The van der Waals surface area contributed by atoms with Crippen LogP contribution >= 0.6 is 11.6 Å². The Hall–Kier alpha value is -1.90. The summed E-state index contributed by atoms with van der Waals surface area (Å²) < 4.78 is 26.6. The van der Waals surface area contributed by atoms with E-state index >= 15 is 0 Å². The van der Waals surface area contributed by atoms with Crippen LogP contribution in [-0.2, 0) is 19.6 Å². The van der Waals surface area contributed by atoms with Crippen molar-refractivity contribution in [1.29, 1.82) is 0 Å². The molecule has 0 bridgehead atoms. The number of nitrogens with zero attached hydrogens (tertiary/aromatic N) is 1. The molecule has 0 aromatic heterocycles. The van der Waals surface area contributed by atoms with Crippen LogP contribution in [0.1, 0.15) is 12.8 Å². The topological polar surface area (TPSA) is 95.6 Å². The van der Waals surface area contributed by atoms with Crippen molar-refractivity contribution < 1.29 is 18.0 Å². The van der Waals surface area contributed by atoms with Gasteiger partial charge < -0.3 is 10.6 Å². The van der Waals surface area contributed by atoms with Crippen molar-refractivity contribution in [1.82, 2.24) is 9.62 Å². The third-order valence-electron chi connectivity index (χ3n) is 3.51. The Morgan fingerprint density at radius 3 is 2.58 bits per heavy atom. The molecular formula is C15H18ClN3O4S. The number of carbonyl (C=O) groups is 2. The molecule has 0 radical (unpaired) electrons. The summed E-state index contributed by atoms with van der Waals surface area (Å²) in [7, 11) is -3.69. The van der Waals surface area contributed by atoms with Crippen LogP contribution in [-0.4, -0.2) is 44.2 Å². The molecule has 0 atom stereocenters. The van der Waals surface area contributed by atoms with E-state index in [-0.39, 0.29) is 22.2 Å². The maximum atomic E-state index is 12.6. The summed E-state index contributed by atoms with van der Waals surface area (Å²) in [6.07, 6.45) is 2.68. The lowest BCUT2D eigenvalue weighted by Gasteiger charge is -2.17.